The van der Waals surface area contributed by atoms with Crippen molar-refractivity contribution < 1.29 is 23.4 Å². The Morgan fingerprint density at radius 2 is 2.22 bits per heavy atom. The third-order valence-electron chi connectivity index (χ3n) is 4.43. The molecule has 0 radical (unpaired) electrons. The summed E-state index contributed by atoms with van der Waals surface area (Å²) in [5.74, 6) is -1.58. The van der Waals surface area contributed by atoms with Gasteiger partial charge in [0.2, 0.25) is 0 Å². The zero-order valence-electron chi connectivity index (χ0n) is 13.4. The minimum absolute atomic E-state index is 0.0143. The molecule has 0 amide bonds. The summed E-state index contributed by atoms with van der Waals surface area (Å²) in [6.07, 6.45) is 2.27. The van der Waals surface area contributed by atoms with Crippen LogP contribution in [-0.2, 0) is 15.0 Å². The van der Waals surface area contributed by atoms with Crippen LogP contribution in [0.15, 0.2) is 18.2 Å². The molecule has 1 aliphatic rings. The van der Waals surface area contributed by atoms with Gasteiger partial charge in [0, 0.05) is 24.7 Å². The van der Waals surface area contributed by atoms with E-state index < -0.39 is 23.1 Å². The van der Waals surface area contributed by atoms with Gasteiger partial charge < -0.3 is 20.3 Å². The van der Waals surface area contributed by atoms with Crippen LogP contribution in [0.3, 0.4) is 0 Å². The fourth-order valence-electron chi connectivity index (χ4n) is 2.94. The molecule has 1 fully saturated rings. The highest BCUT2D eigenvalue weighted by Crippen LogP contribution is 2.37. The molecule has 1 saturated heterocycles. The predicted octanol–water partition coefficient (Wildman–Crippen LogP) is 2.33. The number of unbranched alkanes of at least 4 members (excludes halogenated alkanes) is 1. The molecule has 0 saturated carbocycles. The number of ether oxygens (including phenoxy) is 2. The highest BCUT2D eigenvalue weighted by Gasteiger charge is 2.44. The molecule has 0 spiro atoms. The van der Waals surface area contributed by atoms with Crippen LogP contribution in [-0.4, -0.2) is 37.6 Å². The summed E-state index contributed by atoms with van der Waals surface area (Å²) in [7, 11) is 0. The topological polar surface area (TPSA) is 64.7 Å². The first-order valence-electron chi connectivity index (χ1n) is 8.05. The number of halogens is 2. The Morgan fingerprint density at radius 3 is 2.91 bits per heavy atom. The van der Waals surface area contributed by atoms with Crippen molar-refractivity contribution in [1.82, 2.24) is 0 Å². The molecule has 6 heteroatoms. The molecule has 0 unspecified atom stereocenters. The SMILES string of the molecule is CCCCOC[C@H]1C[C@@H](CO)[C@](N)(c2cc(F)ccc2F)CO1. The highest BCUT2D eigenvalue weighted by atomic mass is 19.1. The Morgan fingerprint density at radius 1 is 1.43 bits per heavy atom. The van der Waals surface area contributed by atoms with E-state index in [0.717, 1.165) is 31.0 Å². The van der Waals surface area contributed by atoms with E-state index in [1.165, 1.54) is 0 Å². The van der Waals surface area contributed by atoms with Crippen molar-refractivity contribution in [2.75, 3.05) is 26.4 Å². The summed E-state index contributed by atoms with van der Waals surface area (Å²) in [6.45, 7) is 2.95. The molecule has 3 atom stereocenters. The van der Waals surface area contributed by atoms with Crippen molar-refractivity contribution in [3.8, 4) is 0 Å². The summed E-state index contributed by atoms with van der Waals surface area (Å²) in [4.78, 5) is 0. The largest absolute Gasteiger partial charge is 0.396 e. The van der Waals surface area contributed by atoms with E-state index in [2.05, 4.69) is 6.92 Å². The molecule has 2 rings (SSSR count). The Labute approximate surface area is 135 Å². The van der Waals surface area contributed by atoms with Crippen molar-refractivity contribution >= 4 is 0 Å². The lowest BCUT2D eigenvalue weighted by Gasteiger charge is -2.43. The number of rotatable bonds is 7. The van der Waals surface area contributed by atoms with Crippen molar-refractivity contribution in [3.63, 3.8) is 0 Å². The number of aliphatic hydroxyl groups excluding tert-OH is 1. The Kier molecular flexibility index (Phi) is 6.47. The van der Waals surface area contributed by atoms with Gasteiger partial charge in [-0.3, -0.25) is 0 Å². The van der Waals surface area contributed by atoms with Crippen LogP contribution in [0.25, 0.3) is 0 Å². The average Bonchev–Trinajstić information content (AvgIpc) is 2.55. The van der Waals surface area contributed by atoms with E-state index in [4.69, 9.17) is 15.2 Å². The maximum absolute atomic E-state index is 14.1. The lowest BCUT2D eigenvalue weighted by atomic mass is 9.75. The predicted molar refractivity (Wildman–Crippen MR) is 82.9 cm³/mol. The highest BCUT2D eigenvalue weighted by molar-refractivity contribution is 5.28. The lowest BCUT2D eigenvalue weighted by Crippen LogP contribution is -2.56. The molecule has 4 nitrogen and oxygen atoms in total. The molecular formula is C17H25F2NO3. The Balaban J connectivity index is 2.07. The van der Waals surface area contributed by atoms with E-state index in [0.29, 0.717) is 19.6 Å². The van der Waals surface area contributed by atoms with Crippen LogP contribution in [0.4, 0.5) is 8.78 Å². The minimum atomic E-state index is -1.25. The molecule has 1 aromatic carbocycles. The van der Waals surface area contributed by atoms with Crippen LogP contribution in [0, 0.1) is 17.6 Å². The van der Waals surface area contributed by atoms with Crippen LogP contribution >= 0.6 is 0 Å². The molecule has 3 N–H and O–H groups in total. The van der Waals surface area contributed by atoms with Crippen molar-refractivity contribution in [2.24, 2.45) is 11.7 Å². The second kappa shape index (κ2) is 8.15. The van der Waals surface area contributed by atoms with Crippen molar-refractivity contribution in [3.05, 3.63) is 35.4 Å². The summed E-state index contributed by atoms with van der Waals surface area (Å²) in [5, 5.41) is 9.68. The van der Waals surface area contributed by atoms with Gasteiger partial charge in [0.25, 0.3) is 0 Å². The number of benzene rings is 1. The Hall–Kier alpha value is -1.08. The fraction of sp³-hybridized carbons (Fsp3) is 0.647. The van der Waals surface area contributed by atoms with E-state index >= 15 is 0 Å². The van der Waals surface area contributed by atoms with Gasteiger partial charge in [0.1, 0.15) is 11.6 Å². The number of hydrogen-bond acceptors (Lipinski definition) is 4. The van der Waals surface area contributed by atoms with Gasteiger partial charge in [-0.25, -0.2) is 8.78 Å². The molecular weight excluding hydrogens is 304 g/mol. The van der Waals surface area contributed by atoms with E-state index in [-0.39, 0.29) is 24.9 Å². The standard InChI is InChI=1S/C17H25F2NO3/c1-2-3-6-22-10-14-7-12(9-21)17(20,11-23-14)15-8-13(18)4-5-16(15)19/h4-5,8,12,14,21H,2-3,6-7,9-11,20H2,1H3/t12-,14+,17-/m0/s1. The monoisotopic (exact) mass is 329 g/mol. The van der Waals surface area contributed by atoms with Crippen LogP contribution in [0.1, 0.15) is 31.7 Å². The lowest BCUT2D eigenvalue weighted by molar-refractivity contribution is -0.104. The second-order valence-electron chi connectivity index (χ2n) is 6.14. The van der Waals surface area contributed by atoms with Crippen LogP contribution in [0.5, 0.6) is 0 Å². The molecule has 0 aromatic heterocycles. The fourth-order valence-corrected chi connectivity index (χ4v) is 2.94. The Bertz CT molecular complexity index is 515. The van der Waals surface area contributed by atoms with Crippen molar-refractivity contribution in [1.29, 1.82) is 0 Å². The molecule has 0 aliphatic carbocycles. The number of hydrogen-bond donors (Lipinski definition) is 2. The molecule has 0 bridgehead atoms. The first-order valence-corrected chi connectivity index (χ1v) is 8.05. The smallest absolute Gasteiger partial charge is 0.128 e. The third kappa shape index (κ3) is 4.26. The van der Waals surface area contributed by atoms with Crippen molar-refractivity contribution in [2.45, 2.75) is 37.8 Å². The van der Waals surface area contributed by atoms with Gasteiger partial charge in [-0.1, -0.05) is 13.3 Å². The zero-order valence-corrected chi connectivity index (χ0v) is 13.4. The maximum atomic E-state index is 14.1. The first-order chi connectivity index (χ1) is 11.0. The minimum Gasteiger partial charge on any atom is -0.396 e. The average molecular weight is 329 g/mol. The summed E-state index contributed by atoms with van der Waals surface area (Å²) in [5.41, 5.74) is 5.11. The molecule has 1 heterocycles. The molecule has 130 valence electrons. The van der Waals surface area contributed by atoms with Crippen LogP contribution < -0.4 is 5.73 Å². The van der Waals surface area contributed by atoms with Gasteiger partial charge in [0.15, 0.2) is 0 Å². The van der Waals surface area contributed by atoms with E-state index in [1.54, 1.807) is 0 Å². The molecule has 1 aromatic rings. The molecule has 1 aliphatic heterocycles. The maximum Gasteiger partial charge on any atom is 0.128 e. The summed E-state index contributed by atoms with van der Waals surface area (Å²) >= 11 is 0. The number of aliphatic hydroxyl groups is 1. The van der Waals surface area contributed by atoms with Gasteiger partial charge in [-0.2, -0.15) is 0 Å². The zero-order chi connectivity index (χ0) is 16.9. The quantitative estimate of drug-likeness (QED) is 0.754. The first kappa shape index (κ1) is 18.3. The summed E-state index contributed by atoms with van der Waals surface area (Å²) in [6, 6.07) is 3.18. The van der Waals surface area contributed by atoms with E-state index in [9.17, 15) is 13.9 Å². The van der Waals surface area contributed by atoms with Gasteiger partial charge in [-0.15, -0.1) is 0 Å². The second-order valence-corrected chi connectivity index (χ2v) is 6.14. The number of nitrogens with two attached hydrogens (primary N) is 1. The van der Waals surface area contributed by atoms with Gasteiger partial charge >= 0.3 is 0 Å². The molecule has 23 heavy (non-hydrogen) atoms. The summed E-state index contributed by atoms with van der Waals surface area (Å²) < 4.78 is 38.8. The van der Waals surface area contributed by atoms with Crippen LogP contribution in [0.2, 0.25) is 0 Å². The third-order valence-corrected chi connectivity index (χ3v) is 4.43. The normalized spacial score (nSPS) is 28.0. The van der Waals surface area contributed by atoms with Gasteiger partial charge in [0.05, 0.1) is 24.9 Å². The van der Waals surface area contributed by atoms with Gasteiger partial charge in [-0.05, 0) is 31.0 Å². The van der Waals surface area contributed by atoms with E-state index in [1.807, 2.05) is 0 Å².